The number of rotatable bonds is 3. The fourth-order valence-corrected chi connectivity index (χ4v) is 4.39. The van der Waals surface area contributed by atoms with Crippen molar-refractivity contribution in [2.24, 2.45) is 0 Å². The van der Waals surface area contributed by atoms with Crippen LogP contribution in [0.5, 0.6) is 0 Å². The molecule has 0 saturated carbocycles. The first kappa shape index (κ1) is 15.1. The van der Waals surface area contributed by atoms with Crippen molar-refractivity contribution < 1.29 is 8.42 Å². The van der Waals surface area contributed by atoms with Gasteiger partial charge in [-0.15, -0.1) is 11.6 Å². The van der Waals surface area contributed by atoms with Crippen molar-refractivity contribution in [2.45, 2.75) is 36.5 Å². The highest BCUT2D eigenvalue weighted by molar-refractivity contribution is 7.89. The largest absolute Gasteiger partial charge is 0.243 e. The lowest BCUT2D eigenvalue weighted by atomic mass is 10.2. The summed E-state index contributed by atoms with van der Waals surface area (Å²) in [6.07, 6.45) is 4.04. The maximum Gasteiger partial charge on any atom is 0.243 e. The zero-order valence-corrected chi connectivity index (χ0v) is 12.9. The molecule has 1 aliphatic heterocycles. The summed E-state index contributed by atoms with van der Waals surface area (Å²) >= 11 is 11.8. The van der Waals surface area contributed by atoms with Crippen molar-refractivity contribution in [3.8, 4) is 0 Å². The third-order valence-electron chi connectivity index (χ3n) is 3.37. The van der Waals surface area contributed by atoms with Crippen LogP contribution >= 0.6 is 23.2 Å². The predicted octanol–water partition coefficient (Wildman–Crippen LogP) is 3.64. The number of alkyl halides is 1. The summed E-state index contributed by atoms with van der Waals surface area (Å²) in [6, 6.07) is 4.77. The van der Waals surface area contributed by atoms with Crippen LogP contribution in [0.1, 0.15) is 31.2 Å². The molecule has 1 aliphatic rings. The topological polar surface area (TPSA) is 37.4 Å². The highest BCUT2D eigenvalue weighted by atomic mass is 35.5. The summed E-state index contributed by atoms with van der Waals surface area (Å²) in [7, 11) is -3.43. The van der Waals surface area contributed by atoms with Crippen molar-refractivity contribution in [3.05, 3.63) is 28.8 Å². The van der Waals surface area contributed by atoms with Gasteiger partial charge >= 0.3 is 0 Å². The van der Waals surface area contributed by atoms with Gasteiger partial charge in [-0.3, -0.25) is 0 Å². The molecule has 0 aliphatic carbocycles. The molecular weight excluding hydrogens is 305 g/mol. The Balaban J connectivity index is 2.30. The van der Waals surface area contributed by atoms with Gasteiger partial charge in [0.2, 0.25) is 10.0 Å². The van der Waals surface area contributed by atoms with E-state index in [9.17, 15) is 8.42 Å². The van der Waals surface area contributed by atoms with Crippen molar-refractivity contribution >= 4 is 33.2 Å². The fraction of sp³-hybridized carbons (Fsp3) is 0.538. The molecular formula is C13H17Cl2NO2S. The summed E-state index contributed by atoms with van der Waals surface area (Å²) in [5, 5.41) is 0.408. The number of halogens is 2. The summed E-state index contributed by atoms with van der Waals surface area (Å²) < 4.78 is 26.6. The first-order valence-corrected chi connectivity index (χ1v) is 8.75. The first-order chi connectivity index (χ1) is 9.05. The monoisotopic (exact) mass is 321 g/mol. The molecule has 0 spiro atoms. The molecule has 0 radical (unpaired) electrons. The van der Waals surface area contributed by atoms with E-state index in [0.717, 1.165) is 31.2 Å². The van der Waals surface area contributed by atoms with Gasteiger partial charge in [0.1, 0.15) is 0 Å². The number of hydrogen-bond acceptors (Lipinski definition) is 2. The lowest BCUT2D eigenvalue weighted by molar-refractivity contribution is 0.423. The second kappa shape index (κ2) is 6.44. The predicted molar refractivity (Wildman–Crippen MR) is 78.2 cm³/mol. The molecule has 6 heteroatoms. The van der Waals surface area contributed by atoms with E-state index in [1.807, 2.05) is 0 Å². The SMILES string of the molecule is O=S(=O)(c1ccc(CCl)c(Cl)c1)N1CCCCCC1. The molecule has 1 heterocycles. The Morgan fingerprint density at radius 3 is 2.26 bits per heavy atom. The van der Waals surface area contributed by atoms with Crippen LogP contribution in [-0.2, 0) is 15.9 Å². The van der Waals surface area contributed by atoms with Gasteiger partial charge in [-0.1, -0.05) is 30.5 Å². The van der Waals surface area contributed by atoms with Gasteiger partial charge in [0.25, 0.3) is 0 Å². The van der Waals surface area contributed by atoms with E-state index in [-0.39, 0.29) is 10.8 Å². The van der Waals surface area contributed by atoms with Gasteiger partial charge in [0.15, 0.2) is 0 Å². The van der Waals surface area contributed by atoms with Crippen molar-refractivity contribution in [1.82, 2.24) is 4.31 Å². The second-order valence-corrected chi connectivity index (χ2v) is 7.32. The van der Waals surface area contributed by atoms with E-state index < -0.39 is 10.0 Å². The second-order valence-electron chi connectivity index (χ2n) is 4.71. The van der Waals surface area contributed by atoms with Crippen LogP contribution < -0.4 is 0 Å². The lowest BCUT2D eigenvalue weighted by Gasteiger charge is -2.20. The zero-order valence-electron chi connectivity index (χ0n) is 10.6. The maximum atomic E-state index is 12.5. The van der Waals surface area contributed by atoms with E-state index in [1.165, 1.54) is 6.07 Å². The lowest BCUT2D eigenvalue weighted by Crippen LogP contribution is -2.31. The molecule has 0 N–H and O–H groups in total. The Morgan fingerprint density at radius 1 is 1.11 bits per heavy atom. The van der Waals surface area contributed by atoms with Gasteiger partial charge in [0, 0.05) is 24.0 Å². The van der Waals surface area contributed by atoms with Gasteiger partial charge in [-0.05, 0) is 30.5 Å². The van der Waals surface area contributed by atoms with Crippen LogP contribution in [-0.4, -0.2) is 25.8 Å². The smallest absolute Gasteiger partial charge is 0.207 e. The maximum absolute atomic E-state index is 12.5. The minimum atomic E-state index is -3.43. The third-order valence-corrected chi connectivity index (χ3v) is 5.91. The minimum Gasteiger partial charge on any atom is -0.207 e. The molecule has 1 fully saturated rings. The van der Waals surface area contributed by atoms with Gasteiger partial charge in [-0.25, -0.2) is 8.42 Å². The normalized spacial score (nSPS) is 18.2. The minimum absolute atomic E-state index is 0.258. The van der Waals surface area contributed by atoms with E-state index in [2.05, 4.69) is 0 Å². The first-order valence-electron chi connectivity index (χ1n) is 6.40. The van der Waals surface area contributed by atoms with E-state index in [1.54, 1.807) is 16.4 Å². The van der Waals surface area contributed by atoms with Crippen molar-refractivity contribution in [2.75, 3.05) is 13.1 Å². The molecule has 1 aromatic rings. The Bertz CT molecular complexity index is 538. The van der Waals surface area contributed by atoms with E-state index >= 15 is 0 Å². The Kier molecular flexibility index (Phi) is 5.12. The molecule has 106 valence electrons. The van der Waals surface area contributed by atoms with E-state index in [0.29, 0.717) is 18.1 Å². The molecule has 0 amide bonds. The highest BCUT2D eigenvalue weighted by Gasteiger charge is 2.25. The van der Waals surface area contributed by atoms with Gasteiger partial charge < -0.3 is 0 Å². The average molecular weight is 322 g/mol. The Morgan fingerprint density at radius 2 is 1.74 bits per heavy atom. The molecule has 1 saturated heterocycles. The molecule has 2 rings (SSSR count). The number of benzene rings is 1. The van der Waals surface area contributed by atoms with Crippen LogP contribution in [0.2, 0.25) is 5.02 Å². The molecule has 3 nitrogen and oxygen atoms in total. The standard InChI is InChI=1S/C13H17Cl2NO2S/c14-10-11-5-6-12(9-13(11)15)19(17,18)16-7-3-1-2-4-8-16/h5-6,9H,1-4,7-8,10H2. The van der Waals surface area contributed by atoms with Crippen LogP contribution in [0.25, 0.3) is 0 Å². The van der Waals surface area contributed by atoms with Gasteiger partial charge in [-0.2, -0.15) is 4.31 Å². The quantitative estimate of drug-likeness (QED) is 0.797. The van der Waals surface area contributed by atoms with Crippen LogP contribution in [0.3, 0.4) is 0 Å². The summed E-state index contributed by atoms with van der Waals surface area (Å²) in [5.74, 6) is 0.281. The number of nitrogens with zero attached hydrogens (tertiary/aromatic N) is 1. The molecule has 19 heavy (non-hydrogen) atoms. The molecule has 0 bridgehead atoms. The van der Waals surface area contributed by atoms with Crippen molar-refractivity contribution in [1.29, 1.82) is 0 Å². The zero-order chi connectivity index (χ0) is 13.9. The molecule has 1 aromatic carbocycles. The summed E-state index contributed by atoms with van der Waals surface area (Å²) in [6.45, 7) is 1.19. The number of hydrogen-bond donors (Lipinski definition) is 0. The number of sulfonamides is 1. The van der Waals surface area contributed by atoms with Crippen LogP contribution in [0, 0.1) is 0 Å². The molecule has 0 unspecified atom stereocenters. The fourth-order valence-electron chi connectivity index (χ4n) is 2.23. The summed E-state index contributed by atoms with van der Waals surface area (Å²) in [5.41, 5.74) is 0.748. The molecule has 0 atom stereocenters. The Labute approximate surface area is 124 Å². The van der Waals surface area contributed by atoms with Crippen LogP contribution in [0.15, 0.2) is 23.1 Å². The summed E-state index contributed by atoms with van der Waals surface area (Å²) in [4.78, 5) is 0.258. The van der Waals surface area contributed by atoms with Crippen LogP contribution in [0.4, 0.5) is 0 Å². The highest BCUT2D eigenvalue weighted by Crippen LogP contribution is 2.25. The van der Waals surface area contributed by atoms with Gasteiger partial charge in [0.05, 0.1) is 4.90 Å². The van der Waals surface area contributed by atoms with Crippen molar-refractivity contribution in [3.63, 3.8) is 0 Å². The van der Waals surface area contributed by atoms with E-state index in [4.69, 9.17) is 23.2 Å². The third kappa shape index (κ3) is 3.43. The molecule has 0 aromatic heterocycles. The Hall–Kier alpha value is -0.290. The average Bonchev–Trinajstić information content (AvgIpc) is 2.67.